The van der Waals surface area contributed by atoms with Gasteiger partial charge in [-0.2, -0.15) is 0 Å². The lowest BCUT2D eigenvalue weighted by molar-refractivity contribution is -0.385. The molecule has 2 amide bonds. The zero-order chi connectivity index (χ0) is 19.6. The summed E-state index contributed by atoms with van der Waals surface area (Å²) in [6, 6.07) is 5.45. The summed E-state index contributed by atoms with van der Waals surface area (Å²) in [6.45, 7) is 0. The number of carbonyl (C=O) groups excluding carboxylic acids is 2. The lowest BCUT2D eigenvalue weighted by Gasteiger charge is -2.05. The molecule has 3 rings (SSSR count). The van der Waals surface area contributed by atoms with Gasteiger partial charge in [0, 0.05) is 28.8 Å². The first kappa shape index (κ1) is 18.1. The zero-order valence-corrected chi connectivity index (χ0v) is 14.7. The summed E-state index contributed by atoms with van der Waals surface area (Å²) >= 11 is 1.17. The first-order valence-corrected chi connectivity index (χ1v) is 8.35. The van der Waals surface area contributed by atoms with Gasteiger partial charge >= 0.3 is 5.69 Å². The molecule has 0 unspecified atom stereocenters. The van der Waals surface area contributed by atoms with Crippen LogP contribution in [0.2, 0.25) is 0 Å². The van der Waals surface area contributed by atoms with E-state index in [0.29, 0.717) is 16.4 Å². The summed E-state index contributed by atoms with van der Waals surface area (Å²) in [5, 5.41) is 15.7. The highest BCUT2D eigenvalue weighted by Gasteiger charge is 2.19. The Labute approximate surface area is 156 Å². The normalized spacial score (nSPS) is 10.4. The molecule has 0 bridgehead atoms. The van der Waals surface area contributed by atoms with Gasteiger partial charge in [-0.3, -0.25) is 25.0 Å². The summed E-state index contributed by atoms with van der Waals surface area (Å²) in [5.74, 6) is -1.08. The average molecular weight is 387 g/mol. The maximum Gasteiger partial charge on any atom is 0.311 e. The summed E-state index contributed by atoms with van der Waals surface area (Å²) in [7, 11) is 1.31. The molecule has 1 aromatic carbocycles. The van der Waals surface area contributed by atoms with E-state index in [2.05, 4.69) is 15.3 Å². The maximum absolute atomic E-state index is 12.4. The summed E-state index contributed by atoms with van der Waals surface area (Å²) in [4.78, 5) is 40.9. The molecule has 11 heteroatoms. The van der Waals surface area contributed by atoms with Crippen LogP contribution >= 0.6 is 11.3 Å². The van der Waals surface area contributed by atoms with Crippen LogP contribution in [0.1, 0.15) is 20.8 Å². The molecule has 0 radical (unpaired) electrons. The molecule has 2 heterocycles. The van der Waals surface area contributed by atoms with E-state index in [1.807, 2.05) is 0 Å². The Hall–Kier alpha value is -3.73. The summed E-state index contributed by atoms with van der Waals surface area (Å²) in [5.41, 5.74) is 6.40. The number of methoxy groups -OCH3 is 1. The molecular weight excluding hydrogens is 374 g/mol. The van der Waals surface area contributed by atoms with Crippen molar-refractivity contribution in [3.05, 3.63) is 57.2 Å². The van der Waals surface area contributed by atoms with E-state index in [1.165, 1.54) is 30.6 Å². The van der Waals surface area contributed by atoms with Crippen molar-refractivity contribution in [1.29, 1.82) is 0 Å². The van der Waals surface area contributed by atoms with Crippen LogP contribution in [0.15, 0.2) is 35.8 Å². The van der Waals surface area contributed by atoms with Crippen molar-refractivity contribution in [2.75, 3.05) is 12.4 Å². The van der Waals surface area contributed by atoms with Gasteiger partial charge in [0.25, 0.3) is 11.8 Å². The summed E-state index contributed by atoms with van der Waals surface area (Å²) < 4.78 is 4.91. The first-order valence-electron chi connectivity index (χ1n) is 7.47. The van der Waals surface area contributed by atoms with E-state index in [9.17, 15) is 19.7 Å². The number of carbonyl (C=O) groups is 2. The number of thiazole rings is 1. The van der Waals surface area contributed by atoms with Crippen LogP contribution in [-0.2, 0) is 0 Å². The lowest BCUT2D eigenvalue weighted by Crippen LogP contribution is -2.12. The van der Waals surface area contributed by atoms with Gasteiger partial charge in [0.15, 0.2) is 10.9 Å². The van der Waals surface area contributed by atoms with Crippen LogP contribution in [0, 0.1) is 10.1 Å². The lowest BCUT2D eigenvalue weighted by atomic mass is 10.2. The van der Waals surface area contributed by atoms with Crippen molar-refractivity contribution >= 4 is 34.0 Å². The average Bonchev–Trinajstić information content (AvgIpc) is 3.30. The number of amides is 2. The fraction of sp³-hybridized carbons (Fsp3) is 0.0625. The second-order valence-corrected chi connectivity index (χ2v) is 6.16. The number of nitrogens with two attached hydrogens (primary N) is 1. The van der Waals surface area contributed by atoms with Gasteiger partial charge in [-0.05, 0) is 18.2 Å². The molecule has 0 fully saturated rings. The van der Waals surface area contributed by atoms with Crippen molar-refractivity contribution < 1.29 is 19.2 Å². The standard InChI is InChI=1S/C16H13N5O5S/c1-26-13-3-2-8(5-12(13)21(24)25)15(23)20-16-19-11(7-27-16)9-4-10(14(17)22)18-6-9/h2-7,18H,1H3,(H2,17,22)(H,19,20,23). The van der Waals surface area contributed by atoms with Gasteiger partial charge in [-0.15, -0.1) is 11.3 Å². The highest BCUT2D eigenvalue weighted by Crippen LogP contribution is 2.29. The Balaban J connectivity index is 1.79. The van der Waals surface area contributed by atoms with E-state index in [1.54, 1.807) is 17.6 Å². The van der Waals surface area contributed by atoms with Crippen LogP contribution in [0.5, 0.6) is 5.75 Å². The minimum absolute atomic E-state index is 0.0609. The molecule has 0 aliphatic carbocycles. The van der Waals surface area contributed by atoms with E-state index in [4.69, 9.17) is 10.5 Å². The van der Waals surface area contributed by atoms with Crippen molar-refractivity contribution in [3.8, 4) is 17.0 Å². The number of nitro benzene ring substituents is 1. The topological polar surface area (TPSA) is 153 Å². The molecular formula is C16H13N5O5S. The number of hydrogen-bond donors (Lipinski definition) is 3. The molecule has 27 heavy (non-hydrogen) atoms. The number of primary amides is 1. The van der Waals surface area contributed by atoms with Gasteiger partial charge in [-0.1, -0.05) is 0 Å². The smallest absolute Gasteiger partial charge is 0.311 e. The Kier molecular flexibility index (Phi) is 4.86. The Morgan fingerprint density at radius 3 is 2.78 bits per heavy atom. The molecule has 4 N–H and O–H groups in total. The minimum Gasteiger partial charge on any atom is -0.490 e. The number of nitrogens with one attached hydrogen (secondary N) is 2. The highest BCUT2D eigenvalue weighted by molar-refractivity contribution is 7.14. The van der Waals surface area contributed by atoms with E-state index < -0.39 is 16.7 Å². The monoisotopic (exact) mass is 387 g/mol. The molecule has 0 aliphatic rings. The number of aromatic nitrogens is 2. The fourth-order valence-electron chi connectivity index (χ4n) is 2.29. The third-order valence-electron chi connectivity index (χ3n) is 3.61. The number of anilines is 1. The Morgan fingerprint density at radius 2 is 2.15 bits per heavy atom. The predicted molar refractivity (Wildman–Crippen MR) is 98.0 cm³/mol. The number of rotatable bonds is 6. The molecule has 138 valence electrons. The second-order valence-electron chi connectivity index (χ2n) is 5.30. The van der Waals surface area contributed by atoms with Gasteiger partial charge in [0.05, 0.1) is 17.7 Å². The number of nitro groups is 1. The van der Waals surface area contributed by atoms with Crippen LogP contribution in [0.25, 0.3) is 11.3 Å². The second kappa shape index (κ2) is 7.25. The number of H-pyrrole nitrogens is 1. The van der Waals surface area contributed by atoms with Crippen LogP contribution in [0.3, 0.4) is 0 Å². The number of ether oxygens (including phenoxy) is 1. The molecule has 2 aromatic heterocycles. The van der Waals surface area contributed by atoms with E-state index in [0.717, 1.165) is 6.07 Å². The number of aromatic amines is 1. The number of benzene rings is 1. The van der Waals surface area contributed by atoms with Crippen molar-refractivity contribution in [1.82, 2.24) is 9.97 Å². The van der Waals surface area contributed by atoms with Crippen LogP contribution in [0.4, 0.5) is 10.8 Å². The van der Waals surface area contributed by atoms with Crippen LogP contribution in [-0.4, -0.2) is 33.8 Å². The number of hydrogen-bond acceptors (Lipinski definition) is 7. The highest BCUT2D eigenvalue weighted by atomic mass is 32.1. The summed E-state index contributed by atoms with van der Waals surface area (Å²) in [6.07, 6.45) is 1.58. The van der Waals surface area contributed by atoms with Crippen molar-refractivity contribution in [2.45, 2.75) is 0 Å². The Bertz CT molecular complexity index is 1040. The first-order chi connectivity index (χ1) is 12.9. The molecule has 0 saturated heterocycles. The zero-order valence-electron chi connectivity index (χ0n) is 13.9. The van der Waals surface area contributed by atoms with Gasteiger partial charge < -0.3 is 15.5 Å². The van der Waals surface area contributed by atoms with E-state index >= 15 is 0 Å². The molecule has 0 spiro atoms. The minimum atomic E-state index is -0.626. The molecule has 0 atom stereocenters. The van der Waals surface area contributed by atoms with Gasteiger partial charge in [0.1, 0.15) is 5.69 Å². The van der Waals surface area contributed by atoms with Gasteiger partial charge in [0.2, 0.25) is 0 Å². The molecule has 0 saturated carbocycles. The van der Waals surface area contributed by atoms with Crippen molar-refractivity contribution in [2.24, 2.45) is 5.73 Å². The van der Waals surface area contributed by atoms with Crippen molar-refractivity contribution in [3.63, 3.8) is 0 Å². The Morgan fingerprint density at radius 1 is 1.37 bits per heavy atom. The SMILES string of the molecule is COc1ccc(C(=O)Nc2nc(-c3c[nH]c(C(N)=O)c3)cs2)cc1[N+](=O)[O-]. The van der Waals surface area contributed by atoms with Crippen LogP contribution < -0.4 is 15.8 Å². The number of nitrogens with zero attached hydrogens (tertiary/aromatic N) is 2. The molecule has 3 aromatic rings. The molecule has 10 nitrogen and oxygen atoms in total. The maximum atomic E-state index is 12.4. The largest absolute Gasteiger partial charge is 0.490 e. The third kappa shape index (κ3) is 3.77. The molecule has 0 aliphatic heterocycles. The van der Waals surface area contributed by atoms with Gasteiger partial charge in [-0.25, -0.2) is 4.98 Å². The van der Waals surface area contributed by atoms with E-state index in [-0.39, 0.29) is 22.7 Å². The quantitative estimate of drug-likeness (QED) is 0.436. The predicted octanol–water partition coefficient (Wildman–Crippen LogP) is 2.41. The third-order valence-corrected chi connectivity index (χ3v) is 4.36. The fourth-order valence-corrected chi connectivity index (χ4v) is 3.01.